The molecule has 0 aliphatic rings. The molecule has 0 unspecified atom stereocenters. The van der Waals surface area contributed by atoms with Crippen LogP contribution in [-0.2, 0) is 4.74 Å². The van der Waals surface area contributed by atoms with E-state index < -0.39 is 0 Å². The van der Waals surface area contributed by atoms with Crippen LogP contribution in [0.5, 0.6) is 0 Å². The summed E-state index contributed by atoms with van der Waals surface area (Å²) in [4.78, 5) is 8.20. The molecule has 0 saturated heterocycles. The average Bonchev–Trinajstić information content (AvgIpc) is 2.28. The maximum Gasteiger partial charge on any atom is 0.224 e. The maximum absolute atomic E-state index is 5.97. The summed E-state index contributed by atoms with van der Waals surface area (Å²) in [7, 11) is 3.43. The number of nitrogens with one attached hydrogen (secondary N) is 2. The fourth-order valence-corrected chi connectivity index (χ4v) is 1.14. The van der Waals surface area contributed by atoms with Gasteiger partial charge in [-0.3, -0.25) is 0 Å². The Morgan fingerprint density at radius 3 is 2.75 bits per heavy atom. The Bertz CT molecular complexity index is 357. The van der Waals surface area contributed by atoms with Crippen LogP contribution in [-0.4, -0.2) is 36.3 Å². The number of halogens is 1. The van der Waals surface area contributed by atoms with Crippen LogP contribution in [0.4, 0.5) is 11.8 Å². The average molecular weight is 245 g/mol. The van der Waals surface area contributed by atoms with E-state index in [9.17, 15) is 0 Å². The molecular weight excluding hydrogens is 228 g/mol. The van der Waals surface area contributed by atoms with Crippen molar-refractivity contribution in [3.63, 3.8) is 0 Å². The SMILES string of the molecule is CNc1ncc(Cl)c(NCC(C)(C)OC)n1. The summed E-state index contributed by atoms with van der Waals surface area (Å²) in [5.41, 5.74) is -0.270. The minimum atomic E-state index is -0.270. The highest BCUT2D eigenvalue weighted by Gasteiger charge is 2.17. The van der Waals surface area contributed by atoms with Crippen molar-refractivity contribution in [1.29, 1.82) is 0 Å². The summed E-state index contributed by atoms with van der Waals surface area (Å²) in [6.07, 6.45) is 1.56. The Hall–Kier alpha value is -1.07. The third-order valence-electron chi connectivity index (χ3n) is 2.20. The Balaban J connectivity index is 2.73. The molecular formula is C10H17ClN4O. The first kappa shape index (κ1) is 13.0. The molecule has 0 aliphatic heterocycles. The van der Waals surface area contributed by atoms with Crippen LogP contribution >= 0.6 is 11.6 Å². The van der Waals surface area contributed by atoms with E-state index in [-0.39, 0.29) is 5.60 Å². The topological polar surface area (TPSA) is 59.1 Å². The van der Waals surface area contributed by atoms with Gasteiger partial charge in [0.25, 0.3) is 0 Å². The molecule has 6 heteroatoms. The smallest absolute Gasteiger partial charge is 0.224 e. The Kier molecular flexibility index (Phi) is 4.32. The predicted molar refractivity (Wildman–Crippen MR) is 66.2 cm³/mol. The molecule has 0 aliphatic carbocycles. The van der Waals surface area contributed by atoms with Gasteiger partial charge >= 0.3 is 0 Å². The molecule has 90 valence electrons. The molecule has 0 bridgehead atoms. The number of hydrogen-bond acceptors (Lipinski definition) is 5. The van der Waals surface area contributed by atoms with Gasteiger partial charge in [0.1, 0.15) is 5.02 Å². The first-order valence-corrected chi connectivity index (χ1v) is 5.35. The van der Waals surface area contributed by atoms with Crippen LogP contribution in [0.25, 0.3) is 0 Å². The monoisotopic (exact) mass is 244 g/mol. The standard InChI is InChI=1S/C10H17ClN4O/c1-10(2,16-4)6-14-8-7(11)5-13-9(12-3)15-8/h5H,6H2,1-4H3,(H2,12,13,14,15). The minimum absolute atomic E-state index is 0.270. The lowest BCUT2D eigenvalue weighted by atomic mass is 10.1. The van der Waals surface area contributed by atoms with Gasteiger partial charge < -0.3 is 15.4 Å². The lowest BCUT2D eigenvalue weighted by Gasteiger charge is -2.23. The normalized spacial score (nSPS) is 11.3. The molecule has 0 saturated carbocycles. The van der Waals surface area contributed by atoms with E-state index in [0.29, 0.717) is 23.3 Å². The molecule has 0 atom stereocenters. The van der Waals surface area contributed by atoms with E-state index >= 15 is 0 Å². The molecule has 0 aromatic carbocycles. The van der Waals surface area contributed by atoms with Crippen molar-refractivity contribution in [1.82, 2.24) is 9.97 Å². The van der Waals surface area contributed by atoms with E-state index in [4.69, 9.17) is 16.3 Å². The number of hydrogen-bond donors (Lipinski definition) is 2. The van der Waals surface area contributed by atoms with Crippen molar-refractivity contribution < 1.29 is 4.74 Å². The molecule has 0 fully saturated rings. The van der Waals surface area contributed by atoms with Gasteiger partial charge in [-0.15, -0.1) is 0 Å². The molecule has 1 aromatic rings. The first-order valence-electron chi connectivity index (χ1n) is 4.98. The Morgan fingerprint density at radius 2 is 2.19 bits per heavy atom. The fourth-order valence-electron chi connectivity index (χ4n) is 0.980. The van der Waals surface area contributed by atoms with E-state index in [2.05, 4.69) is 20.6 Å². The number of rotatable bonds is 5. The first-order chi connectivity index (χ1) is 7.48. The summed E-state index contributed by atoms with van der Waals surface area (Å²) in [5, 5.41) is 6.48. The Labute approximate surface area is 101 Å². The zero-order valence-corrected chi connectivity index (χ0v) is 10.7. The zero-order chi connectivity index (χ0) is 12.2. The van der Waals surface area contributed by atoms with Gasteiger partial charge in [0, 0.05) is 20.7 Å². The van der Waals surface area contributed by atoms with Gasteiger partial charge in [-0.25, -0.2) is 4.98 Å². The highest BCUT2D eigenvalue weighted by Crippen LogP contribution is 2.20. The molecule has 1 aromatic heterocycles. The third kappa shape index (κ3) is 3.50. The van der Waals surface area contributed by atoms with Gasteiger partial charge in [0.15, 0.2) is 5.82 Å². The highest BCUT2D eigenvalue weighted by atomic mass is 35.5. The summed E-state index contributed by atoms with van der Waals surface area (Å²) >= 11 is 5.97. The van der Waals surface area contributed by atoms with Crippen LogP contribution in [0, 0.1) is 0 Å². The van der Waals surface area contributed by atoms with Crippen molar-refractivity contribution in [2.75, 3.05) is 31.3 Å². The third-order valence-corrected chi connectivity index (χ3v) is 2.48. The quantitative estimate of drug-likeness (QED) is 0.830. The number of aromatic nitrogens is 2. The number of methoxy groups -OCH3 is 1. The van der Waals surface area contributed by atoms with Gasteiger partial charge in [-0.2, -0.15) is 4.98 Å². The van der Waals surface area contributed by atoms with Crippen LogP contribution in [0.15, 0.2) is 6.20 Å². The highest BCUT2D eigenvalue weighted by molar-refractivity contribution is 6.32. The van der Waals surface area contributed by atoms with Crippen molar-refractivity contribution in [2.45, 2.75) is 19.4 Å². The van der Waals surface area contributed by atoms with E-state index in [0.717, 1.165) is 0 Å². The lowest BCUT2D eigenvalue weighted by molar-refractivity contribution is 0.0343. The number of anilines is 2. The molecule has 1 heterocycles. The molecule has 16 heavy (non-hydrogen) atoms. The molecule has 1 rings (SSSR count). The van der Waals surface area contributed by atoms with E-state index in [1.165, 1.54) is 0 Å². The van der Waals surface area contributed by atoms with Crippen LogP contribution in [0.3, 0.4) is 0 Å². The summed E-state index contributed by atoms with van der Waals surface area (Å²) < 4.78 is 5.29. The van der Waals surface area contributed by atoms with Crippen LogP contribution < -0.4 is 10.6 Å². The lowest BCUT2D eigenvalue weighted by Crippen LogP contribution is -2.32. The summed E-state index contributed by atoms with van der Waals surface area (Å²) in [6, 6.07) is 0. The largest absolute Gasteiger partial charge is 0.377 e. The van der Waals surface area contributed by atoms with Gasteiger partial charge in [-0.1, -0.05) is 11.6 Å². The maximum atomic E-state index is 5.97. The fraction of sp³-hybridized carbons (Fsp3) is 0.600. The molecule has 0 radical (unpaired) electrons. The summed E-state index contributed by atoms with van der Waals surface area (Å²) in [5.74, 6) is 1.13. The molecule has 0 amide bonds. The van der Waals surface area contributed by atoms with Gasteiger partial charge in [0.05, 0.1) is 11.8 Å². The molecule has 2 N–H and O–H groups in total. The van der Waals surface area contributed by atoms with Crippen LogP contribution in [0.1, 0.15) is 13.8 Å². The van der Waals surface area contributed by atoms with Gasteiger partial charge in [-0.05, 0) is 13.8 Å². The Morgan fingerprint density at radius 1 is 1.50 bits per heavy atom. The van der Waals surface area contributed by atoms with E-state index in [1.54, 1.807) is 20.4 Å². The van der Waals surface area contributed by atoms with Crippen molar-refractivity contribution in [2.24, 2.45) is 0 Å². The second kappa shape index (κ2) is 5.32. The second-order valence-electron chi connectivity index (χ2n) is 3.96. The number of nitrogens with zero attached hydrogens (tertiary/aromatic N) is 2. The second-order valence-corrected chi connectivity index (χ2v) is 4.36. The minimum Gasteiger partial charge on any atom is -0.377 e. The van der Waals surface area contributed by atoms with Crippen molar-refractivity contribution in [3.05, 3.63) is 11.2 Å². The van der Waals surface area contributed by atoms with E-state index in [1.807, 2.05) is 13.8 Å². The molecule has 5 nitrogen and oxygen atoms in total. The number of ether oxygens (including phenoxy) is 1. The molecule has 0 spiro atoms. The van der Waals surface area contributed by atoms with Crippen LogP contribution in [0.2, 0.25) is 5.02 Å². The van der Waals surface area contributed by atoms with Crippen molar-refractivity contribution in [3.8, 4) is 0 Å². The van der Waals surface area contributed by atoms with Crippen molar-refractivity contribution >= 4 is 23.4 Å². The predicted octanol–water partition coefficient (Wildman–Crippen LogP) is 2.01. The zero-order valence-electron chi connectivity index (χ0n) is 9.97. The van der Waals surface area contributed by atoms with Gasteiger partial charge in [0.2, 0.25) is 5.95 Å². The summed E-state index contributed by atoms with van der Waals surface area (Å²) in [6.45, 7) is 4.57.